The summed E-state index contributed by atoms with van der Waals surface area (Å²) >= 11 is 0. The fourth-order valence-corrected chi connectivity index (χ4v) is 10.6. The third-order valence-corrected chi connectivity index (χ3v) is 12.9. The van der Waals surface area contributed by atoms with Gasteiger partial charge in [-0.1, -0.05) is 37.6 Å². The lowest BCUT2D eigenvalue weighted by Crippen LogP contribution is -2.80. The first kappa shape index (κ1) is 34.0. The van der Waals surface area contributed by atoms with E-state index >= 15 is 4.79 Å². The number of aliphatic carboxylic acids is 1. The maximum Gasteiger partial charge on any atom is 0.330 e. The Morgan fingerprint density at radius 2 is 1.84 bits per heavy atom. The summed E-state index contributed by atoms with van der Waals surface area (Å²) in [7, 11) is 0. The normalized spacial score (nSPS) is 36.4. The van der Waals surface area contributed by atoms with Crippen LogP contribution in [0.25, 0.3) is 0 Å². The van der Waals surface area contributed by atoms with E-state index in [4.69, 9.17) is 18.9 Å². The first-order valence-corrected chi connectivity index (χ1v) is 17.7. The second-order valence-electron chi connectivity index (χ2n) is 16.8. The van der Waals surface area contributed by atoms with Gasteiger partial charge in [0.1, 0.15) is 28.4 Å². The van der Waals surface area contributed by atoms with E-state index in [1.54, 1.807) is 6.08 Å². The van der Waals surface area contributed by atoms with Crippen LogP contribution < -0.4 is 9.47 Å². The van der Waals surface area contributed by atoms with Gasteiger partial charge in [-0.3, -0.25) is 9.59 Å². The van der Waals surface area contributed by atoms with Crippen molar-refractivity contribution in [3.05, 3.63) is 52.6 Å². The highest BCUT2D eigenvalue weighted by Crippen LogP contribution is 2.72. The molecule has 49 heavy (non-hydrogen) atoms. The van der Waals surface area contributed by atoms with E-state index in [9.17, 15) is 19.8 Å². The summed E-state index contributed by atoms with van der Waals surface area (Å²) in [5.74, 6) is -3.44. The molecule has 4 fully saturated rings. The lowest BCUT2D eigenvalue weighted by atomic mass is 9.45. The molecular weight excluding hydrogens is 624 g/mol. The Labute approximate surface area is 288 Å². The number of hydrogen-bond acceptors (Lipinski definition) is 8. The van der Waals surface area contributed by atoms with Crippen molar-refractivity contribution in [3.63, 3.8) is 0 Å². The zero-order valence-electron chi connectivity index (χ0n) is 30.2. The van der Waals surface area contributed by atoms with Gasteiger partial charge in [0, 0.05) is 58.8 Å². The largest absolute Gasteiger partial charge is 0.507 e. The molecule has 1 aromatic carbocycles. The van der Waals surface area contributed by atoms with E-state index in [-0.39, 0.29) is 59.1 Å². The predicted octanol–water partition coefficient (Wildman–Crippen LogP) is 6.99. The van der Waals surface area contributed by atoms with Crippen LogP contribution in [-0.4, -0.2) is 62.9 Å². The van der Waals surface area contributed by atoms with Crippen LogP contribution in [0.2, 0.25) is 0 Å². The number of phenols is 1. The monoisotopic (exact) mass is 674 g/mol. The van der Waals surface area contributed by atoms with Gasteiger partial charge in [-0.2, -0.15) is 0 Å². The van der Waals surface area contributed by atoms with Gasteiger partial charge in [-0.15, -0.1) is 6.58 Å². The van der Waals surface area contributed by atoms with Crippen molar-refractivity contribution in [2.24, 2.45) is 23.7 Å². The van der Waals surface area contributed by atoms with Gasteiger partial charge >= 0.3 is 5.97 Å². The summed E-state index contributed by atoms with van der Waals surface area (Å²) in [6, 6.07) is 0. The molecule has 2 N–H and O–H groups in total. The molecule has 8 atom stereocenters. The van der Waals surface area contributed by atoms with Crippen LogP contribution in [0.1, 0.15) is 115 Å². The van der Waals surface area contributed by atoms with Crippen molar-refractivity contribution < 1.29 is 43.5 Å². The number of ether oxygens (including phenoxy) is 4. The third-order valence-electron chi connectivity index (χ3n) is 12.9. The summed E-state index contributed by atoms with van der Waals surface area (Å²) in [4.78, 5) is 42.3. The zero-order valence-corrected chi connectivity index (χ0v) is 30.2. The molecule has 4 bridgehead atoms. The van der Waals surface area contributed by atoms with Crippen LogP contribution in [0, 0.1) is 23.7 Å². The molecule has 0 amide bonds. The Bertz CT molecular complexity index is 1760. The van der Waals surface area contributed by atoms with Crippen molar-refractivity contribution in [3.8, 4) is 17.2 Å². The number of carbonyl (C=O) groups is 3. The molecule has 9 nitrogen and oxygen atoms in total. The number of aromatic hydroxyl groups is 1. The number of hydrogen-bond donors (Lipinski definition) is 2. The lowest BCUT2D eigenvalue weighted by Gasteiger charge is -2.63. The van der Waals surface area contributed by atoms with Crippen LogP contribution in [0.15, 0.2) is 36.0 Å². The van der Waals surface area contributed by atoms with Crippen molar-refractivity contribution in [2.45, 2.75) is 128 Å². The van der Waals surface area contributed by atoms with Crippen LogP contribution in [0.4, 0.5) is 0 Å². The van der Waals surface area contributed by atoms with Gasteiger partial charge in [0.2, 0.25) is 0 Å². The summed E-state index contributed by atoms with van der Waals surface area (Å²) < 4.78 is 27.5. The number of allylic oxidation sites excluding steroid dienone is 3. The number of ketones is 2. The smallest absolute Gasteiger partial charge is 0.330 e. The van der Waals surface area contributed by atoms with Crippen molar-refractivity contribution >= 4 is 17.5 Å². The first-order valence-electron chi connectivity index (χ1n) is 17.7. The maximum atomic E-state index is 15.5. The van der Waals surface area contributed by atoms with E-state index in [1.807, 2.05) is 34.6 Å². The van der Waals surface area contributed by atoms with E-state index in [2.05, 4.69) is 33.4 Å². The third kappa shape index (κ3) is 4.21. The van der Waals surface area contributed by atoms with Gasteiger partial charge in [0.15, 0.2) is 22.8 Å². The Morgan fingerprint density at radius 3 is 2.47 bits per heavy atom. The topological polar surface area (TPSA) is 129 Å². The number of carboxylic acids is 1. The molecule has 1 saturated heterocycles. The molecule has 0 aromatic heterocycles. The molecule has 3 saturated carbocycles. The SMILES string of the molecule is C=CC(C)(C)c1c2c(c(O)c3c1OC(C)(C)C1CCC(C)=CC31)C(=O)C1C(OCC)C3CC4C(C)(C)OC(CC=C(C)C(=O)O)(C3=O)C14O2. The molecule has 3 aliphatic heterocycles. The standard InChI is InChI=1S/C40H50O9/c1-11-36(5,6)28-32-25(21-17-19(3)13-14-23(21)37(7,8)47-32)29(41)26-30(42)27-31(46-12-2)22-18-24-38(9,10)49-39(34(22)43,16-15-20(4)35(44)45)40(24,27)48-33(26)28/h11,15,17,21-24,27,31,41H,1,12-14,16,18H2,2-10H3,(H,44,45). The minimum absolute atomic E-state index is 0.0616. The molecule has 4 aliphatic carbocycles. The average Bonchev–Trinajstić information content (AvgIpc) is 3.15. The highest BCUT2D eigenvalue weighted by Gasteiger charge is 2.86. The minimum Gasteiger partial charge on any atom is -0.507 e. The minimum atomic E-state index is -1.68. The quantitative estimate of drug-likeness (QED) is 0.232. The first-order chi connectivity index (χ1) is 22.8. The number of benzene rings is 1. The van der Waals surface area contributed by atoms with E-state index < -0.39 is 57.6 Å². The van der Waals surface area contributed by atoms with Gasteiger partial charge in [0.05, 0.1) is 17.6 Å². The Hall–Kier alpha value is -3.43. The fraction of sp³-hybridized carbons (Fsp3) is 0.625. The Morgan fingerprint density at radius 1 is 1.14 bits per heavy atom. The highest BCUT2D eigenvalue weighted by atomic mass is 16.6. The van der Waals surface area contributed by atoms with Crippen LogP contribution >= 0.6 is 0 Å². The second kappa shape index (κ2) is 10.5. The molecule has 0 radical (unpaired) electrons. The van der Waals surface area contributed by atoms with E-state index in [0.717, 1.165) is 12.8 Å². The van der Waals surface area contributed by atoms with Crippen molar-refractivity contribution in [1.29, 1.82) is 0 Å². The highest BCUT2D eigenvalue weighted by molar-refractivity contribution is 6.10. The summed E-state index contributed by atoms with van der Waals surface area (Å²) in [5.41, 5.74) is -3.03. The molecule has 3 heterocycles. The number of carbonyl (C=O) groups excluding carboxylic acids is 2. The van der Waals surface area contributed by atoms with Crippen LogP contribution in [-0.2, 0) is 24.5 Å². The summed E-state index contributed by atoms with van der Waals surface area (Å²) in [5, 5.41) is 22.2. The van der Waals surface area contributed by atoms with Crippen molar-refractivity contribution in [2.75, 3.05) is 6.61 Å². The summed E-state index contributed by atoms with van der Waals surface area (Å²) in [6.45, 7) is 21.8. The van der Waals surface area contributed by atoms with Gasteiger partial charge in [-0.05, 0) is 67.7 Å². The zero-order chi connectivity index (χ0) is 35.8. The number of phenolic OH excluding ortho intramolecular Hbond substituents is 1. The van der Waals surface area contributed by atoms with Crippen LogP contribution in [0.5, 0.6) is 17.2 Å². The molecule has 264 valence electrons. The molecule has 8 rings (SSSR count). The number of rotatable bonds is 7. The number of fused-ring (bicyclic) bond motifs is 4. The van der Waals surface area contributed by atoms with Crippen LogP contribution in [0.3, 0.4) is 0 Å². The van der Waals surface area contributed by atoms with Gasteiger partial charge in [0.25, 0.3) is 0 Å². The molecule has 9 heteroatoms. The van der Waals surface area contributed by atoms with E-state index in [0.29, 0.717) is 23.3 Å². The number of carboxylic acid groups (broad SMARTS) is 1. The van der Waals surface area contributed by atoms with Gasteiger partial charge < -0.3 is 29.2 Å². The fourth-order valence-electron chi connectivity index (χ4n) is 10.6. The number of Topliss-reactive ketones (excluding diaryl/α,β-unsaturated/α-hetero) is 2. The van der Waals surface area contributed by atoms with Crippen molar-refractivity contribution in [1.82, 2.24) is 0 Å². The Kier molecular flexibility index (Phi) is 7.33. The Balaban J connectivity index is 1.58. The molecular formula is C40H50O9. The molecule has 8 unspecified atom stereocenters. The van der Waals surface area contributed by atoms with Gasteiger partial charge in [-0.25, -0.2) is 4.79 Å². The van der Waals surface area contributed by atoms with E-state index in [1.165, 1.54) is 18.6 Å². The summed E-state index contributed by atoms with van der Waals surface area (Å²) in [6.07, 6.45) is 6.78. The lowest BCUT2D eigenvalue weighted by molar-refractivity contribution is -0.227. The molecule has 7 aliphatic rings. The molecule has 1 spiro atoms. The maximum absolute atomic E-state index is 15.5. The average molecular weight is 675 g/mol. The predicted molar refractivity (Wildman–Crippen MR) is 182 cm³/mol. The molecule has 1 aromatic rings. The second-order valence-corrected chi connectivity index (χ2v) is 16.8.